The zero-order valence-electron chi connectivity index (χ0n) is 20.4. The molecule has 6 nitrogen and oxygen atoms in total. The Morgan fingerprint density at radius 3 is 2.21 bits per heavy atom. The number of nitriles is 1. The normalized spacial score (nSPS) is 10.9. The summed E-state index contributed by atoms with van der Waals surface area (Å²) < 4.78 is 6.19. The highest BCUT2D eigenvalue weighted by atomic mass is 32.2. The number of rotatable bonds is 7. The van der Waals surface area contributed by atoms with Gasteiger partial charge in [-0.3, -0.25) is 10.1 Å². The van der Waals surface area contributed by atoms with E-state index in [1.54, 1.807) is 6.07 Å². The summed E-state index contributed by atoms with van der Waals surface area (Å²) in [5.74, 6) is 0.678. The van der Waals surface area contributed by atoms with Crippen LogP contribution in [0.3, 0.4) is 0 Å². The number of hydrogen-bond acceptors (Lipinski definition) is 6. The molecule has 0 atom stereocenters. The lowest BCUT2D eigenvalue weighted by atomic mass is 9.98. The van der Waals surface area contributed by atoms with Crippen LogP contribution in [-0.2, 0) is 0 Å². The minimum Gasteiger partial charge on any atom is -0.436 e. The Bertz CT molecular complexity index is 1670. The summed E-state index contributed by atoms with van der Waals surface area (Å²) >= 11 is 1.48. The van der Waals surface area contributed by atoms with Crippen molar-refractivity contribution in [2.75, 3.05) is 0 Å². The third-order valence-corrected chi connectivity index (χ3v) is 6.97. The fourth-order valence-electron chi connectivity index (χ4n) is 3.99. The van der Waals surface area contributed by atoms with Crippen molar-refractivity contribution in [3.63, 3.8) is 0 Å². The summed E-state index contributed by atoms with van der Waals surface area (Å²) in [6.07, 6.45) is 1.52. The Labute approximate surface area is 224 Å². The summed E-state index contributed by atoms with van der Waals surface area (Å²) in [4.78, 5) is 17.4. The zero-order chi connectivity index (χ0) is 26.5. The average Bonchev–Trinajstić information content (AvgIpc) is 3.33. The molecule has 1 heterocycles. The van der Waals surface area contributed by atoms with Crippen LogP contribution >= 0.6 is 11.8 Å². The molecule has 0 radical (unpaired) electrons. The van der Waals surface area contributed by atoms with Crippen LogP contribution in [0, 0.1) is 28.4 Å². The zero-order valence-corrected chi connectivity index (χ0v) is 21.2. The van der Waals surface area contributed by atoms with Gasteiger partial charge in [-0.1, -0.05) is 90.1 Å². The molecule has 0 N–H and O–H groups in total. The monoisotopic (exact) mass is 515 g/mol. The van der Waals surface area contributed by atoms with E-state index in [0.29, 0.717) is 22.5 Å². The number of furan rings is 1. The molecule has 5 rings (SSSR count). The Morgan fingerprint density at radius 1 is 0.921 bits per heavy atom. The van der Waals surface area contributed by atoms with Crippen molar-refractivity contribution in [2.45, 2.75) is 16.7 Å². The standard InChI is InChI=1S/C31H21N3O3S/c1-21-12-15-26(16-13-21)38-28-17-14-25(34(35)36)18-24(28)20-33-31-27(19-32)29(22-8-4-2-5-9-22)30(37-31)23-10-6-3-7-11-23/h2-18,20H,1H3. The van der Waals surface area contributed by atoms with Gasteiger partial charge in [0.1, 0.15) is 17.4 Å². The van der Waals surface area contributed by atoms with Gasteiger partial charge in [-0.15, -0.1) is 0 Å². The Hall–Kier alpha value is -4.93. The molecule has 0 aliphatic heterocycles. The van der Waals surface area contributed by atoms with Gasteiger partial charge in [-0.05, 0) is 30.7 Å². The van der Waals surface area contributed by atoms with Gasteiger partial charge in [0.05, 0.1) is 4.92 Å². The number of benzene rings is 4. The van der Waals surface area contributed by atoms with E-state index >= 15 is 0 Å². The summed E-state index contributed by atoms with van der Waals surface area (Å²) in [5, 5.41) is 21.6. The van der Waals surface area contributed by atoms with Gasteiger partial charge >= 0.3 is 0 Å². The van der Waals surface area contributed by atoms with E-state index in [1.165, 1.54) is 30.1 Å². The first-order valence-electron chi connectivity index (χ1n) is 11.8. The maximum absolute atomic E-state index is 11.5. The number of non-ortho nitro benzene ring substituents is 1. The van der Waals surface area contributed by atoms with Crippen LogP contribution in [0.2, 0.25) is 0 Å². The number of aryl methyl sites for hydroxylation is 1. The molecule has 0 aliphatic rings. The number of nitrogens with zero attached hydrogens (tertiary/aromatic N) is 3. The van der Waals surface area contributed by atoms with E-state index in [0.717, 1.165) is 26.5 Å². The van der Waals surface area contributed by atoms with Crippen molar-refractivity contribution < 1.29 is 9.34 Å². The van der Waals surface area contributed by atoms with Gasteiger partial charge in [0.15, 0.2) is 0 Å². The first kappa shape index (κ1) is 24.8. The summed E-state index contributed by atoms with van der Waals surface area (Å²) in [7, 11) is 0. The van der Waals surface area contributed by atoms with Crippen LogP contribution in [0.5, 0.6) is 0 Å². The quantitative estimate of drug-likeness (QED) is 0.123. The van der Waals surface area contributed by atoms with E-state index in [-0.39, 0.29) is 11.6 Å². The second-order valence-corrected chi connectivity index (χ2v) is 9.60. The maximum atomic E-state index is 11.5. The minimum atomic E-state index is -0.438. The molecule has 0 unspecified atom stereocenters. The van der Waals surface area contributed by atoms with Gasteiger partial charge < -0.3 is 4.42 Å². The fraction of sp³-hybridized carbons (Fsp3) is 0.0323. The van der Waals surface area contributed by atoms with E-state index in [1.807, 2.05) is 91.9 Å². The molecule has 0 fully saturated rings. The summed E-state index contributed by atoms with van der Waals surface area (Å²) in [6.45, 7) is 2.02. The topological polar surface area (TPSA) is 92.4 Å². The average molecular weight is 516 g/mol. The highest BCUT2D eigenvalue weighted by molar-refractivity contribution is 7.99. The van der Waals surface area contributed by atoms with Crippen molar-refractivity contribution in [3.05, 3.63) is 130 Å². The molecule has 0 saturated carbocycles. The van der Waals surface area contributed by atoms with E-state index in [2.05, 4.69) is 11.1 Å². The summed E-state index contributed by atoms with van der Waals surface area (Å²) in [5.41, 5.74) is 4.24. The molecule has 5 aromatic rings. The van der Waals surface area contributed by atoms with Crippen molar-refractivity contribution in [3.8, 4) is 28.5 Å². The first-order valence-corrected chi connectivity index (χ1v) is 12.6. The molecular formula is C31H21N3O3S. The smallest absolute Gasteiger partial charge is 0.270 e. The van der Waals surface area contributed by atoms with Crippen LogP contribution in [0.1, 0.15) is 16.7 Å². The van der Waals surface area contributed by atoms with Crippen molar-refractivity contribution in [2.24, 2.45) is 4.99 Å². The van der Waals surface area contributed by atoms with Gasteiger partial charge in [0, 0.05) is 44.8 Å². The molecule has 0 amide bonds. The van der Waals surface area contributed by atoms with Crippen LogP contribution in [0.25, 0.3) is 22.5 Å². The van der Waals surface area contributed by atoms with Crippen LogP contribution < -0.4 is 0 Å². The van der Waals surface area contributed by atoms with Crippen LogP contribution in [-0.4, -0.2) is 11.1 Å². The largest absolute Gasteiger partial charge is 0.436 e. The Balaban J connectivity index is 1.62. The number of nitro benzene ring substituents is 1. The number of nitro groups is 1. The molecule has 1 aromatic heterocycles. The summed E-state index contributed by atoms with van der Waals surface area (Å²) in [6, 6.07) is 34.0. The van der Waals surface area contributed by atoms with Gasteiger partial charge in [-0.2, -0.15) is 5.26 Å². The van der Waals surface area contributed by atoms with Gasteiger partial charge in [0.2, 0.25) is 5.88 Å². The van der Waals surface area contributed by atoms with Crippen molar-refractivity contribution >= 4 is 29.5 Å². The molecule has 0 aliphatic carbocycles. The maximum Gasteiger partial charge on any atom is 0.270 e. The van der Waals surface area contributed by atoms with Crippen LogP contribution in [0.15, 0.2) is 122 Å². The highest BCUT2D eigenvalue weighted by Gasteiger charge is 2.22. The lowest BCUT2D eigenvalue weighted by molar-refractivity contribution is -0.384. The van der Waals surface area contributed by atoms with Gasteiger partial charge in [-0.25, -0.2) is 4.99 Å². The second kappa shape index (κ2) is 11.0. The Kier molecular flexibility index (Phi) is 7.16. The third-order valence-electron chi connectivity index (χ3n) is 5.87. The third kappa shape index (κ3) is 5.26. The molecule has 0 saturated heterocycles. The number of hydrogen-bond donors (Lipinski definition) is 0. The first-order chi connectivity index (χ1) is 18.5. The second-order valence-electron chi connectivity index (χ2n) is 8.48. The van der Waals surface area contributed by atoms with E-state index in [4.69, 9.17) is 4.42 Å². The number of aliphatic imine (C=N–C) groups is 1. The highest BCUT2D eigenvalue weighted by Crippen LogP contribution is 2.42. The van der Waals surface area contributed by atoms with E-state index in [9.17, 15) is 15.4 Å². The minimum absolute atomic E-state index is 0.0467. The van der Waals surface area contributed by atoms with Gasteiger partial charge in [0.25, 0.3) is 5.69 Å². The van der Waals surface area contributed by atoms with Crippen molar-refractivity contribution in [1.82, 2.24) is 0 Å². The Morgan fingerprint density at radius 2 is 1.58 bits per heavy atom. The molecule has 4 aromatic carbocycles. The molecule has 38 heavy (non-hydrogen) atoms. The van der Waals surface area contributed by atoms with Crippen molar-refractivity contribution in [1.29, 1.82) is 5.26 Å². The predicted octanol–water partition coefficient (Wildman–Crippen LogP) is 8.60. The lowest BCUT2D eigenvalue weighted by Crippen LogP contribution is -1.92. The van der Waals surface area contributed by atoms with E-state index < -0.39 is 4.92 Å². The predicted molar refractivity (Wildman–Crippen MR) is 150 cm³/mol. The fourth-order valence-corrected chi connectivity index (χ4v) is 4.88. The molecule has 0 bridgehead atoms. The molecule has 0 spiro atoms. The molecule has 7 heteroatoms. The molecular weight excluding hydrogens is 494 g/mol. The SMILES string of the molecule is Cc1ccc(Sc2ccc([N+](=O)[O-])cc2C=Nc2oc(-c3ccccc3)c(-c3ccccc3)c2C#N)cc1. The lowest BCUT2D eigenvalue weighted by Gasteiger charge is -2.06. The van der Waals surface area contributed by atoms with Crippen LogP contribution in [0.4, 0.5) is 11.6 Å². The molecule has 184 valence electrons.